The van der Waals surface area contributed by atoms with E-state index in [2.05, 4.69) is 18.2 Å². The SMILES string of the molecule is O=CC=Cc1ccc(-c2ccccc2)s1. The number of hydrogen-bond donors (Lipinski definition) is 0. The Labute approximate surface area is 92.7 Å². The smallest absolute Gasteiger partial charge is 0.142 e. The van der Waals surface area contributed by atoms with Crippen molar-refractivity contribution in [1.29, 1.82) is 0 Å². The summed E-state index contributed by atoms with van der Waals surface area (Å²) >= 11 is 1.68. The normalized spacial score (nSPS) is 10.7. The second kappa shape index (κ2) is 4.71. The summed E-state index contributed by atoms with van der Waals surface area (Å²) in [6.45, 7) is 0. The van der Waals surface area contributed by atoms with Crippen LogP contribution < -0.4 is 0 Å². The van der Waals surface area contributed by atoms with Gasteiger partial charge in [-0.3, -0.25) is 4.79 Å². The van der Waals surface area contributed by atoms with E-state index in [1.807, 2.05) is 30.3 Å². The van der Waals surface area contributed by atoms with Gasteiger partial charge in [0, 0.05) is 9.75 Å². The minimum atomic E-state index is 0.794. The maximum absolute atomic E-state index is 10.2. The molecule has 1 nitrogen and oxygen atoms in total. The zero-order valence-corrected chi connectivity index (χ0v) is 8.91. The van der Waals surface area contributed by atoms with Gasteiger partial charge >= 0.3 is 0 Å². The lowest BCUT2D eigenvalue weighted by atomic mass is 10.2. The number of allylic oxidation sites excluding steroid dienone is 1. The van der Waals surface area contributed by atoms with Gasteiger partial charge in [-0.05, 0) is 29.8 Å². The highest BCUT2D eigenvalue weighted by atomic mass is 32.1. The maximum Gasteiger partial charge on any atom is 0.142 e. The maximum atomic E-state index is 10.2. The minimum absolute atomic E-state index is 0.794. The third-order valence-electron chi connectivity index (χ3n) is 2.02. The lowest BCUT2D eigenvalue weighted by Gasteiger charge is -1.93. The summed E-state index contributed by atoms with van der Waals surface area (Å²) in [5.74, 6) is 0. The Balaban J connectivity index is 2.28. The molecule has 15 heavy (non-hydrogen) atoms. The van der Waals surface area contributed by atoms with Crippen LogP contribution in [0, 0.1) is 0 Å². The first-order valence-electron chi connectivity index (χ1n) is 4.67. The van der Waals surface area contributed by atoms with E-state index in [1.165, 1.54) is 16.5 Å². The second-order valence-electron chi connectivity index (χ2n) is 3.06. The molecule has 0 atom stereocenters. The zero-order chi connectivity index (χ0) is 10.5. The topological polar surface area (TPSA) is 17.1 Å². The van der Waals surface area contributed by atoms with Crippen LogP contribution >= 0.6 is 11.3 Å². The number of hydrogen-bond acceptors (Lipinski definition) is 2. The van der Waals surface area contributed by atoms with Crippen LogP contribution in [0.4, 0.5) is 0 Å². The van der Waals surface area contributed by atoms with Gasteiger partial charge in [0.15, 0.2) is 0 Å². The molecule has 0 saturated carbocycles. The van der Waals surface area contributed by atoms with E-state index in [4.69, 9.17) is 0 Å². The molecule has 1 aromatic heterocycles. The first-order chi connectivity index (χ1) is 7.40. The van der Waals surface area contributed by atoms with Crippen molar-refractivity contribution in [3.63, 3.8) is 0 Å². The van der Waals surface area contributed by atoms with Crippen LogP contribution in [0.1, 0.15) is 4.88 Å². The molecule has 0 radical (unpaired) electrons. The van der Waals surface area contributed by atoms with Crippen LogP contribution in [0.25, 0.3) is 16.5 Å². The van der Waals surface area contributed by atoms with Crippen LogP contribution in [0.5, 0.6) is 0 Å². The number of carbonyl (C=O) groups is 1. The van der Waals surface area contributed by atoms with Gasteiger partial charge in [-0.15, -0.1) is 11.3 Å². The molecular weight excluding hydrogens is 204 g/mol. The van der Waals surface area contributed by atoms with Crippen molar-refractivity contribution in [2.75, 3.05) is 0 Å². The summed E-state index contributed by atoms with van der Waals surface area (Å²) in [7, 11) is 0. The van der Waals surface area contributed by atoms with Gasteiger partial charge in [-0.2, -0.15) is 0 Å². The fourth-order valence-corrected chi connectivity index (χ4v) is 2.26. The number of benzene rings is 1. The number of rotatable bonds is 3. The average Bonchev–Trinajstić information content (AvgIpc) is 2.76. The summed E-state index contributed by atoms with van der Waals surface area (Å²) in [5, 5.41) is 0. The fraction of sp³-hybridized carbons (Fsp3) is 0. The van der Waals surface area contributed by atoms with Gasteiger partial charge in [0.1, 0.15) is 6.29 Å². The van der Waals surface area contributed by atoms with Crippen molar-refractivity contribution in [1.82, 2.24) is 0 Å². The summed E-state index contributed by atoms with van der Waals surface area (Å²) in [5.41, 5.74) is 1.22. The summed E-state index contributed by atoms with van der Waals surface area (Å²) < 4.78 is 0. The molecule has 1 heterocycles. The Morgan fingerprint density at radius 1 is 1.00 bits per heavy atom. The summed E-state index contributed by atoms with van der Waals surface area (Å²) in [4.78, 5) is 12.5. The minimum Gasteiger partial charge on any atom is -0.299 e. The van der Waals surface area contributed by atoms with Crippen LogP contribution in [0.3, 0.4) is 0 Å². The van der Waals surface area contributed by atoms with Gasteiger partial charge in [0.05, 0.1) is 0 Å². The van der Waals surface area contributed by atoms with Crippen molar-refractivity contribution in [2.24, 2.45) is 0 Å². The Kier molecular flexibility index (Phi) is 3.10. The van der Waals surface area contributed by atoms with Crippen LogP contribution in [-0.2, 0) is 4.79 Å². The highest BCUT2D eigenvalue weighted by Gasteiger charge is 1.99. The molecule has 2 rings (SSSR count). The lowest BCUT2D eigenvalue weighted by molar-refractivity contribution is -0.104. The van der Waals surface area contributed by atoms with E-state index in [1.54, 1.807) is 11.3 Å². The molecule has 0 fully saturated rings. The quantitative estimate of drug-likeness (QED) is 0.563. The highest BCUT2D eigenvalue weighted by molar-refractivity contribution is 7.16. The summed E-state index contributed by atoms with van der Waals surface area (Å²) in [6, 6.07) is 14.3. The monoisotopic (exact) mass is 214 g/mol. The van der Waals surface area contributed by atoms with Crippen molar-refractivity contribution < 1.29 is 4.79 Å². The van der Waals surface area contributed by atoms with Gasteiger partial charge in [0.2, 0.25) is 0 Å². The van der Waals surface area contributed by atoms with Gasteiger partial charge in [-0.1, -0.05) is 30.3 Å². The third-order valence-corrected chi connectivity index (χ3v) is 3.12. The van der Waals surface area contributed by atoms with E-state index < -0.39 is 0 Å². The van der Waals surface area contributed by atoms with Crippen LogP contribution in [0.2, 0.25) is 0 Å². The van der Waals surface area contributed by atoms with Crippen molar-refractivity contribution in [3.05, 3.63) is 53.4 Å². The van der Waals surface area contributed by atoms with Crippen molar-refractivity contribution in [3.8, 4) is 10.4 Å². The Hall–Kier alpha value is -1.67. The molecule has 0 aliphatic heterocycles. The standard InChI is InChI=1S/C13H10OS/c14-10-4-7-12-8-9-13(15-12)11-5-2-1-3-6-11/h1-10H. The Bertz CT molecular complexity index is 468. The van der Waals surface area contributed by atoms with Gasteiger partial charge < -0.3 is 0 Å². The average molecular weight is 214 g/mol. The number of aldehydes is 1. The van der Waals surface area contributed by atoms with E-state index in [0.717, 1.165) is 11.2 Å². The van der Waals surface area contributed by atoms with Crippen molar-refractivity contribution in [2.45, 2.75) is 0 Å². The number of thiophene rings is 1. The molecular formula is C13H10OS. The lowest BCUT2D eigenvalue weighted by Crippen LogP contribution is -1.67. The van der Waals surface area contributed by atoms with Crippen LogP contribution in [-0.4, -0.2) is 6.29 Å². The second-order valence-corrected chi connectivity index (χ2v) is 4.18. The molecule has 2 heteroatoms. The molecule has 2 aromatic rings. The largest absolute Gasteiger partial charge is 0.299 e. The summed E-state index contributed by atoms with van der Waals surface area (Å²) in [6.07, 6.45) is 4.13. The molecule has 0 unspecified atom stereocenters. The first kappa shape index (κ1) is 9.87. The van der Waals surface area contributed by atoms with Crippen molar-refractivity contribution >= 4 is 23.7 Å². The predicted octanol–water partition coefficient (Wildman–Crippen LogP) is 3.63. The Morgan fingerprint density at radius 2 is 1.80 bits per heavy atom. The molecule has 0 spiro atoms. The third kappa shape index (κ3) is 2.42. The molecule has 0 N–H and O–H groups in total. The molecule has 0 bridgehead atoms. The number of carbonyl (C=O) groups excluding carboxylic acids is 1. The molecule has 74 valence electrons. The molecule has 0 aliphatic carbocycles. The first-order valence-corrected chi connectivity index (χ1v) is 5.49. The highest BCUT2D eigenvalue weighted by Crippen LogP contribution is 2.28. The van der Waals surface area contributed by atoms with Crippen LogP contribution in [0.15, 0.2) is 48.5 Å². The van der Waals surface area contributed by atoms with E-state index in [-0.39, 0.29) is 0 Å². The Morgan fingerprint density at radius 3 is 2.53 bits per heavy atom. The molecule has 1 aromatic carbocycles. The zero-order valence-electron chi connectivity index (χ0n) is 8.09. The fourth-order valence-electron chi connectivity index (χ4n) is 1.33. The van der Waals surface area contributed by atoms with E-state index in [9.17, 15) is 4.79 Å². The van der Waals surface area contributed by atoms with Gasteiger partial charge in [-0.25, -0.2) is 0 Å². The molecule has 0 saturated heterocycles. The van der Waals surface area contributed by atoms with E-state index >= 15 is 0 Å². The molecule has 0 amide bonds. The van der Waals surface area contributed by atoms with Gasteiger partial charge in [0.25, 0.3) is 0 Å². The van der Waals surface area contributed by atoms with E-state index in [0.29, 0.717) is 0 Å². The molecule has 0 aliphatic rings. The predicted molar refractivity (Wildman–Crippen MR) is 64.9 cm³/mol.